The summed E-state index contributed by atoms with van der Waals surface area (Å²) in [5, 5.41) is 7.23. The zero-order chi connectivity index (χ0) is 44.5. The van der Waals surface area contributed by atoms with Gasteiger partial charge in [-0.1, -0.05) is 17.7 Å². The summed E-state index contributed by atoms with van der Waals surface area (Å²) < 4.78 is 44.6. The number of anilines is 1. The molecule has 4 aromatic rings. The smallest absolute Gasteiger partial charge is 0.410 e. The molecule has 3 aliphatic heterocycles. The molecular weight excluding hydrogens is 824 g/mol. The van der Waals surface area contributed by atoms with Crippen molar-refractivity contribution < 1.29 is 37.4 Å². The summed E-state index contributed by atoms with van der Waals surface area (Å²) in [7, 11) is 3.10. The molecule has 0 unspecified atom stereocenters. The number of nitrogens with zero attached hydrogens (tertiary/aromatic N) is 8. The minimum absolute atomic E-state index is 0.0584. The molecule has 3 saturated heterocycles. The van der Waals surface area contributed by atoms with Crippen LogP contribution in [0, 0.1) is 30.4 Å². The van der Waals surface area contributed by atoms with Gasteiger partial charge in [-0.3, -0.25) is 19.1 Å². The van der Waals surface area contributed by atoms with Gasteiger partial charge in [0.25, 0.3) is 11.8 Å². The highest BCUT2D eigenvalue weighted by atomic mass is 35.5. The molecule has 5 heterocycles. The number of ether oxygens (including phenoxy) is 2. The van der Waals surface area contributed by atoms with E-state index in [0.717, 1.165) is 32.5 Å². The Morgan fingerprint density at radius 2 is 1.56 bits per heavy atom. The number of carbonyl (C=O) groups excluding carboxylic acids is 4. The SMILES string of the molecule is COCCn1cc(-c2ccc(-c3cnc(C(=O)Nc4ccc(C(=O)N5CCN(C(=O)C6CCN(CC7CN(C(=O)OC(C)(C)C)C7)CC6)CC5)c(Cl)c4)n3C)c(F)c2F)c(C)n1. The summed E-state index contributed by atoms with van der Waals surface area (Å²) in [6, 6.07) is 7.48. The zero-order valence-electron chi connectivity index (χ0n) is 36.0. The fourth-order valence-electron chi connectivity index (χ4n) is 8.31. The normalized spacial score (nSPS) is 16.7. The van der Waals surface area contributed by atoms with E-state index in [1.807, 2.05) is 25.7 Å². The maximum atomic E-state index is 15.6. The topological polar surface area (TPSA) is 147 Å². The lowest BCUT2D eigenvalue weighted by molar-refractivity contribution is -0.138. The number of halogens is 3. The maximum absolute atomic E-state index is 15.6. The Labute approximate surface area is 364 Å². The van der Waals surface area contributed by atoms with Crippen molar-refractivity contribution in [1.29, 1.82) is 0 Å². The summed E-state index contributed by atoms with van der Waals surface area (Å²) in [6.45, 7) is 13.7. The van der Waals surface area contributed by atoms with Crippen LogP contribution in [-0.2, 0) is 27.9 Å². The van der Waals surface area contributed by atoms with Crippen molar-refractivity contribution in [3.63, 3.8) is 0 Å². The molecule has 2 aromatic carbocycles. The van der Waals surface area contributed by atoms with Crippen molar-refractivity contribution in [3.05, 3.63) is 76.5 Å². The van der Waals surface area contributed by atoms with Crippen molar-refractivity contribution in [3.8, 4) is 22.4 Å². The Bertz CT molecular complexity index is 2320. The lowest BCUT2D eigenvalue weighted by atomic mass is 9.93. The Balaban J connectivity index is 0.885. The standard InChI is InChI=1S/C44H54ClF2N9O6/c1-27-34(26-56(50-27)19-20-61-6)31-9-10-33(38(47)37(31)46)36-22-48-39(51(36)5)40(57)49-30-7-8-32(35(45)21-30)42(59)54-17-15-53(16-18-54)41(58)29-11-13-52(14-12-29)23-28-24-55(25-28)43(60)62-44(2,3)4/h7-10,21-22,26,28-29H,11-20,23-25H2,1-6H3,(H,49,57). The fraction of sp³-hybridized carbons (Fsp3) is 0.500. The Morgan fingerprint density at radius 3 is 2.23 bits per heavy atom. The second kappa shape index (κ2) is 18.5. The third-order valence-corrected chi connectivity index (χ3v) is 12.0. The van der Waals surface area contributed by atoms with Gasteiger partial charge in [0.15, 0.2) is 17.5 Å². The van der Waals surface area contributed by atoms with Crippen LogP contribution in [0.5, 0.6) is 0 Å². The van der Waals surface area contributed by atoms with Gasteiger partial charge in [0.2, 0.25) is 5.91 Å². The number of hydrogen-bond donors (Lipinski definition) is 1. The van der Waals surface area contributed by atoms with E-state index in [4.69, 9.17) is 21.1 Å². The number of nitrogens with one attached hydrogen (secondary N) is 1. The Kier molecular flexibility index (Phi) is 13.3. The number of rotatable bonds is 11. The predicted octanol–water partition coefficient (Wildman–Crippen LogP) is 5.95. The van der Waals surface area contributed by atoms with Gasteiger partial charge in [0, 0.05) is 100 Å². The number of imidazole rings is 1. The van der Waals surface area contributed by atoms with E-state index in [2.05, 4.69) is 20.3 Å². The second-order valence-corrected chi connectivity index (χ2v) is 17.7. The van der Waals surface area contributed by atoms with Gasteiger partial charge in [-0.2, -0.15) is 5.10 Å². The highest BCUT2D eigenvalue weighted by molar-refractivity contribution is 6.34. The average Bonchev–Trinajstić information content (AvgIpc) is 3.79. The van der Waals surface area contributed by atoms with Crippen molar-refractivity contribution in [2.45, 2.75) is 52.7 Å². The number of piperazine rings is 1. The van der Waals surface area contributed by atoms with Crippen LogP contribution in [-0.4, -0.2) is 141 Å². The van der Waals surface area contributed by atoms with E-state index in [0.29, 0.717) is 75.3 Å². The van der Waals surface area contributed by atoms with Gasteiger partial charge in [-0.05, 0) is 77.9 Å². The first kappa shape index (κ1) is 44.7. The zero-order valence-corrected chi connectivity index (χ0v) is 36.8. The molecule has 0 bridgehead atoms. The van der Waals surface area contributed by atoms with Crippen LogP contribution in [0.2, 0.25) is 5.02 Å². The number of piperidine rings is 1. The molecule has 62 heavy (non-hydrogen) atoms. The van der Waals surface area contributed by atoms with E-state index in [1.165, 1.54) is 42.1 Å². The Morgan fingerprint density at radius 1 is 0.903 bits per heavy atom. The fourth-order valence-corrected chi connectivity index (χ4v) is 8.57. The number of methoxy groups -OCH3 is 1. The van der Waals surface area contributed by atoms with Crippen molar-refractivity contribution in [2.75, 3.05) is 77.9 Å². The number of aromatic nitrogens is 4. The highest BCUT2D eigenvalue weighted by Gasteiger charge is 2.37. The van der Waals surface area contributed by atoms with Gasteiger partial charge in [-0.25, -0.2) is 18.6 Å². The van der Waals surface area contributed by atoms with Gasteiger partial charge < -0.3 is 39.0 Å². The van der Waals surface area contributed by atoms with E-state index < -0.39 is 23.1 Å². The summed E-state index contributed by atoms with van der Waals surface area (Å²) in [4.78, 5) is 64.5. The Hall–Kier alpha value is -5.39. The molecule has 3 aliphatic rings. The van der Waals surface area contributed by atoms with E-state index >= 15 is 8.78 Å². The molecule has 1 N–H and O–H groups in total. The van der Waals surface area contributed by atoms with Crippen molar-refractivity contribution in [1.82, 2.24) is 38.9 Å². The molecule has 0 aliphatic carbocycles. The molecule has 15 nitrogen and oxygen atoms in total. The lowest BCUT2D eigenvalue weighted by Gasteiger charge is -2.43. The van der Waals surface area contributed by atoms with Crippen LogP contribution < -0.4 is 5.32 Å². The third kappa shape index (κ3) is 9.79. The summed E-state index contributed by atoms with van der Waals surface area (Å²) >= 11 is 6.59. The number of carbonyl (C=O) groups is 4. The largest absolute Gasteiger partial charge is 0.444 e. The van der Waals surface area contributed by atoms with Gasteiger partial charge in [0.05, 0.1) is 41.3 Å². The lowest BCUT2D eigenvalue weighted by Crippen LogP contribution is -2.56. The van der Waals surface area contributed by atoms with Gasteiger partial charge in [0.1, 0.15) is 5.60 Å². The molecule has 3 fully saturated rings. The van der Waals surface area contributed by atoms with E-state index in [9.17, 15) is 19.2 Å². The molecule has 7 rings (SSSR count). The maximum Gasteiger partial charge on any atom is 0.410 e. The second-order valence-electron chi connectivity index (χ2n) is 17.3. The highest BCUT2D eigenvalue weighted by Crippen LogP contribution is 2.33. The minimum Gasteiger partial charge on any atom is -0.444 e. The summed E-state index contributed by atoms with van der Waals surface area (Å²) in [6.07, 6.45) is 4.22. The number of hydrogen-bond acceptors (Lipinski definition) is 9. The monoisotopic (exact) mass is 877 g/mol. The van der Waals surface area contributed by atoms with Crippen molar-refractivity contribution >= 4 is 41.1 Å². The number of amides is 4. The van der Waals surface area contributed by atoms with E-state index in [-0.39, 0.29) is 57.1 Å². The van der Waals surface area contributed by atoms with Crippen LogP contribution in [0.1, 0.15) is 60.3 Å². The number of aryl methyl sites for hydroxylation is 1. The third-order valence-electron chi connectivity index (χ3n) is 11.7. The first-order valence-electron chi connectivity index (χ1n) is 20.9. The molecule has 0 radical (unpaired) electrons. The summed E-state index contributed by atoms with van der Waals surface area (Å²) in [5.41, 5.74) is 1.22. The molecule has 18 heteroatoms. The van der Waals surface area contributed by atoms with Crippen LogP contribution in [0.15, 0.2) is 42.7 Å². The first-order valence-corrected chi connectivity index (χ1v) is 21.3. The van der Waals surface area contributed by atoms with Crippen LogP contribution in [0.4, 0.5) is 19.3 Å². The molecule has 0 saturated carbocycles. The number of likely N-dealkylation sites (tertiary alicyclic amines) is 2. The molecule has 332 valence electrons. The summed E-state index contributed by atoms with van der Waals surface area (Å²) in [5.74, 6) is -2.63. The molecule has 2 aromatic heterocycles. The predicted molar refractivity (Wildman–Crippen MR) is 229 cm³/mol. The average molecular weight is 878 g/mol. The molecule has 4 amide bonds. The van der Waals surface area contributed by atoms with Crippen molar-refractivity contribution in [2.24, 2.45) is 18.9 Å². The van der Waals surface area contributed by atoms with Crippen LogP contribution in [0.3, 0.4) is 0 Å². The molecule has 0 spiro atoms. The van der Waals surface area contributed by atoms with Gasteiger partial charge >= 0.3 is 6.09 Å². The minimum atomic E-state index is -1.09. The number of benzene rings is 2. The quantitative estimate of drug-likeness (QED) is 0.193. The molecule has 0 atom stereocenters. The van der Waals surface area contributed by atoms with Crippen LogP contribution in [0.25, 0.3) is 22.4 Å². The van der Waals surface area contributed by atoms with Crippen LogP contribution >= 0.6 is 11.6 Å². The van der Waals surface area contributed by atoms with E-state index in [1.54, 1.807) is 40.8 Å². The molecular formula is C44H54ClF2N9O6. The first-order chi connectivity index (χ1) is 29.5. The van der Waals surface area contributed by atoms with Gasteiger partial charge in [-0.15, -0.1) is 0 Å².